The lowest BCUT2D eigenvalue weighted by Gasteiger charge is -2.06. The van der Waals surface area contributed by atoms with E-state index in [1.165, 1.54) is 0 Å². The lowest BCUT2D eigenvalue weighted by molar-refractivity contribution is -0.201. The Balaban J connectivity index is 0.000000631. The Morgan fingerprint density at radius 3 is 2.00 bits per heavy atom. The van der Waals surface area contributed by atoms with E-state index in [4.69, 9.17) is 0 Å². The van der Waals surface area contributed by atoms with Gasteiger partial charge in [-0.05, 0) is 26.7 Å². The molecule has 6 heteroatoms. The fourth-order valence-electron chi connectivity index (χ4n) is 0.805. The Morgan fingerprint density at radius 1 is 1.17 bits per heavy atom. The molecule has 18 heavy (non-hydrogen) atoms. The van der Waals surface area contributed by atoms with E-state index in [2.05, 4.69) is 4.74 Å². The lowest BCUT2D eigenvalue weighted by Crippen LogP contribution is -2.25. The van der Waals surface area contributed by atoms with Crippen molar-refractivity contribution < 1.29 is 22.7 Å². The summed E-state index contributed by atoms with van der Waals surface area (Å²) in [6.45, 7) is -0.362. The number of carbonyl (C=O) groups is 1. The Kier molecular flexibility index (Phi) is 7.04. The fourth-order valence-corrected chi connectivity index (χ4v) is 0.805. The Morgan fingerprint density at radius 2 is 1.61 bits per heavy atom. The summed E-state index contributed by atoms with van der Waals surface area (Å²) >= 11 is 0. The molecular formula is C12H16F3NO2. The van der Waals surface area contributed by atoms with Crippen molar-refractivity contribution in [2.45, 2.75) is 12.8 Å². The van der Waals surface area contributed by atoms with Crippen LogP contribution in [0, 0.1) is 0 Å². The quantitative estimate of drug-likeness (QED) is 0.768. The summed E-state index contributed by atoms with van der Waals surface area (Å²) in [4.78, 5) is 12.3. The molecule has 0 N–H and O–H groups in total. The molecule has 1 rings (SSSR count). The average Bonchev–Trinajstić information content (AvgIpc) is 2.25. The monoisotopic (exact) mass is 263 g/mol. The molecule has 0 aliphatic rings. The van der Waals surface area contributed by atoms with E-state index in [1.54, 1.807) is 30.3 Å². The third-order valence-corrected chi connectivity index (χ3v) is 1.44. The summed E-state index contributed by atoms with van der Waals surface area (Å²) in [7, 11) is 6.00. The van der Waals surface area contributed by atoms with Crippen molar-refractivity contribution in [1.82, 2.24) is 4.90 Å². The van der Waals surface area contributed by atoms with Crippen LogP contribution in [0.1, 0.15) is 5.56 Å². The van der Waals surface area contributed by atoms with Gasteiger partial charge in [-0.25, -0.2) is 4.79 Å². The minimum atomic E-state index is -4.92. The molecule has 0 amide bonds. The van der Waals surface area contributed by atoms with Crippen molar-refractivity contribution in [3.05, 3.63) is 35.9 Å². The maximum Gasteiger partial charge on any atom is 0.490 e. The van der Waals surface area contributed by atoms with Gasteiger partial charge in [0.2, 0.25) is 0 Å². The molecule has 102 valence electrons. The summed E-state index contributed by atoms with van der Waals surface area (Å²) in [6, 6.07) is 8.16. The molecule has 0 saturated carbocycles. The average molecular weight is 263 g/mol. The number of rotatable bonds is 2. The van der Waals surface area contributed by atoms with E-state index in [9.17, 15) is 18.0 Å². The number of hydrogen-bond donors (Lipinski definition) is 0. The van der Waals surface area contributed by atoms with Crippen molar-refractivity contribution in [1.29, 1.82) is 0 Å². The number of nitrogens with zero attached hydrogens (tertiary/aromatic N) is 1. The first-order valence-electron chi connectivity index (χ1n) is 5.12. The van der Waals surface area contributed by atoms with Crippen LogP contribution in [0.4, 0.5) is 13.2 Å². The molecule has 0 unspecified atom stereocenters. The molecule has 1 aromatic carbocycles. The van der Waals surface area contributed by atoms with E-state index < -0.39 is 12.1 Å². The molecular weight excluding hydrogens is 247 g/mol. The van der Waals surface area contributed by atoms with Crippen molar-refractivity contribution in [2.24, 2.45) is 0 Å². The van der Waals surface area contributed by atoms with Gasteiger partial charge < -0.3 is 9.64 Å². The minimum absolute atomic E-state index is 0.362. The predicted molar refractivity (Wildman–Crippen MR) is 61.9 cm³/mol. The van der Waals surface area contributed by atoms with E-state index in [0.717, 1.165) is 0 Å². The van der Waals surface area contributed by atoms with Crippen LogP contribution in [0.15, 0.2) is 30.3 Å². The molecule has 0 spiro atoms. The highest BCUT2D eigenvalue weighted by Gasteiger charge is 2.40. The van der Waals surface area contributed by atoms with Crippen LogP contribution in [-0.4, -0.2) is 38.2 Å². The standard InChI is InChI=1S/C9H7F3O2.C3H9N/c10-9(11,12)8(13)14-6-7-4-2-1-3-5-7;1-4(2)3/h1-5H,6H2;1-3H3. The van der Waals surface area contributed by atoms with Gasteiger partial charge in [-0.1, -0.05) is 30.3 Å². The SMILES string of the molecule is CN(C)C.O=C(OCc1ccccc1)C(F)(F)F. The van der Waals surface area contributed by atoms with Gasteiger partial charge in [0.1, 0.15) is 6.61 Å². The molecule has 0 saturated heterocycles. The topological polar surface area (TPSA) is 29.5 Å². The zero-order valence-corrected chi connectivity index (χ0v) is 10.5. The van der Waals surface area contributed by atoms with Crippen LogP contribution in [0.3, 0.4) is 0 Å². The third-order valence-electron chi connectivity index (χ3n) is 1.44. The Labute approximate surface area is 104 Å². The molecule has 0 atom stereocenters. The number of benzene rings is 1. The molecule has 0 aromatic heterocycles. The highest BCUT2D eigenvalue weighted by molar-refractivity contribution is 5.75. The molecule has 0 heterocycles. The van der Waals surface area contributed by atoms with Crippen LogP contribution in [-0.2, 0) is 16.1 Å². The Bertz CT molecular complexity index is 347. The second kappa shape index (κ2) is 7.71. The normalized spacial score (nSPS) is 10.6. The van der Waals surface area contributed by atoms with E-state index in [0.29, 0.717) is 5.56 Å². The fraction of sp³-hybridized carbons (Fsp3) is 0.417. The molecule has 0 bridgehead atoms. The van der Waals surface area contributed by atoms with Gasteiger partial charge in [0.25, 0.3) is 0 Å². The summed E-state index contributed by atoms with van der Waals surface area (Å²) in [6.07, 6.45) is -4.92. The van der Waals surface area contributed by atoms with Crippen molar-refractivity contribution in [3.8, 4) is 0 Å². The van der Waals surface area contributed by atoms with Crippen molar-refractivity contribution in [2.75, 3.05) is 21.1 Å². The van der Waals surface area contributed by atoms with Gasteiger partial charge in [0.15, 0.2) is 0 Å². The Hall–Kier alpha value is -1.56. The van der Waals surface area contributed by atoms with Gasteiger partial charge in [-0.2, -0.15) is 13.2 Å². The summed E-state index contributed by atoms with van der Waals surface area (Å²) in [5.41, 5.74) is 0.519. The predicted octanol–water partition coefficient (Wildman–Crippen LogP) is 2.47. The first-order valence-corrected chi connectivity index (χ1v) is 5.12. The summed E-state index contributed by atoms with van der Waals surface area (Å²) in [5, 5.41) is 0. The van der Waals surface area contributed by atoms with E-state index in [-0.39, 0.29) is 6.61 Å². The number of esters is 1. The number of ether oxygens (including phenoxy) is 1. The third kappa shape index (κ3) is 8.58. The van der Waals surface area contributed by atoms with Gasteiger partial charge in [0.05, 0.1) is 0 Å². The molecule has 1 aromatic rings. The van der Waals surface area contributed by atoms with Crippen LogP contribution in [0.2, 0.25) is 0 Å². The summed E-state index contributed by atoms with van der Waals surface area (Å²) in [5.74, 6) is -2.17. The molecule has 3 nitrogen and oxygen atoms in total. The smallest absolute Gasteiger partial charge is 0.454 e. The lowest BCUT2D eigenvalue weighted by atomic mass is 10.2. The maximum absolute atomic E-state index is 11.7. The molecule has 0 aliphatic carbocycles. The number of alkyl halides is 3. The zero-order chi connectivity index (χ0) is 14.2. The molecule has 0 radical (unpaired) electrons. The van der Waals surface area contributed by atoms with Gasteiger partial charge in [0, 0.05) is 0 Å². The second-order valence-corrected chi connectivity index (χ2v) is 3.90. The maximum atomic E-state index is 11.7. The van der Waals surface area contributed by atoms with Crippen molar-refractivity contribution >= 4 is 5.97 Å². The van der Waals surface area contributed by atoms with E-state index in [1.807, 2.05) is 26.0 Å². The largest absolute Gasteiger partial charge is 0.490 e. The van der Waals surface area contributed by atoms with Crippen LogP contribution >= 0.6 is 0 Å². The number of halogens is 3. The number of carbonyl (C=O) groups excluding carboxylic acids is 1. The second-order valence-electron chi connectivity index (χ2n) is 3.90. The van der Waals surface area contributed by atoms with Gasteiger partial charge in [-0.3, -0.25) is 0 Å². The molecule has 0 aliphatic heterocycles. The highest BCUT2D eigenvalue weighted by Crippen LogP contribution is 2.17. The van der Waals surface area contributed by atoms with Gasteiger partial charge >= 0.3 is 12.1 Å². The van der Waals surface area contributed by atoms with Crippen LogP contribution in [0.5, 0.6) is 0 Å². The van der Waals surface area contributed by atoms with Gasteiger partial charge in [-0.15, -0.1) is 0 Å². The van der Waals surface area contributed by atoms with Crippen LogP contribution < -0.4 is 0 Å². The summed E-state index contributed by atoms with van der Waals surface area (Å²) < 4.78 is 39.1. The minimum Gasteiger partial charge on any atom is -0.454 e. The van der Waals surface area contributed by atoms with Crippen molar-refractivity contribution in [3.63, 3.8) is 0 Å². The van der Waals surface area contributed by atoms with E-state index >= 15 is 0 Å². The first kappa shape index (κ1) is 16.4. The van der Waals surface area contributed by atoms with Crippen LogP contribution in [0.25, 0.3) is 0 Å². The first-order chi connectivity index (χ1) is 8.23. The molecule has 0 fully saturated rings. The number of hydrogen-bond acceptors (Lipinski definition) is 3. The zero-order valence-electron chi connectivity index (χ0n) is 10.5. The highest BCUT2D eigenvalue weighted by atomic mass is 19.4.